The zero-order valence-electron chi connectivity index (χ0n) is 18.5. The molecule has 12 heteroatoms. The van der Waals surface area contributed by atoms with Gasteiger partial charge in [0.25, 0.3) is 5.69 Å². The highest BCUT2D eigenvalue weighted by Crippen LogP contribution is 2.26. The Labute approximate surface area is 188 Å². The molecular formula is C21H26FN5O6. The molecular weight excluding hydrogens is 437 g/mol. The molecule has 178 valence electrons. The summed E-state index contributed by atoms with van der Waals surface area (Å²) in [6, 6.07) is 1.86. The number of fused-ring (bicyclic) bond motifs is 1. The summed E-state index contributed by atoms with van der Waals surface area (Å²) >= 11 is 0. The first kappa shape index (κ1) is 24.0. The first-order chi connectivity index (χ1) is 15.4. The Hall–Kier alpha value is -3.70. The number of hydrogen-bond acceptors (Lipinski definition) is 6. The number of H-pyrrole nitrogens is 1. The average molecular weight is 463 g/mol. The van der Waals surface area contributed by atoms with Crippen LogP contribution < -0.4 is 11.1 Å². The molecule has 1 saturated heterocycles. The highest BCUT2D eigenvalue weighted by Gasteiger charge is 2.41. The number of amides is 3. The van der Waals surface area contributed by atoms with Crippen LogP contribution in [0.15, 0.2) is 24.4 Å². The number of carbonyl (C=O) groups is 3. The molecule has 0 bridgehead atoms. The summed E-state index contributed by atoms with van der Waals surface area (Å²) in [5.41, 5.74) is 5.47. The number of nitro benzene ring substituents is 1. The summed E-state index contributed by atoms with van der Waals surface area (Å²) in [5.74, 6) is -1.55. The third-order valence-electron chi connectivity index (χ3n) is 5.24. The second-order valence-corrected chi connectivity index (χ2v) is 8.95. The van der Waals surface area contributed by atoms with Crippen LogP contribution in [0.1, 0.15) is 32.8 Å². The normalized spacial score (nSPS) is 19.3. The van der Waals surface area contributed by atoms with E-state index in [1.165, 1.54) is 18.2 Å². The fraction of sp³-hybridized carbons (Fsp3) is 0.476. The average Bonchev–Trinajstić information content (AvgIpc) is 3.28. The Morgan fingerprint density at radius 2 is 2.09 bits per heavy atom. The van der Waals surface area contributed by atoms with Crippen molar-refractivity contribution in [3.05, 3.63) is 40.1 Å². The van der Waals surface area contributed by atoms with E-state index in [4.69, 9.17) is 10.5 Å². The van der Waals surface area contributed by atoms with E-state index in [2.05, 4.69) is 10.3 Å². The molecule has 11 nitrogen and oxygen atoms in total. The van der Waals surface area contributed by atoms with Crippen LogP contribution in [0.4, 0.5) is 14.9 Å². The summed E-state index contributed by atoms with van der Waals surface area (Å²) in [6.07, 6.45) is -1.04. The van der Waals surface area contributed by atoms with Crippen molar-refractivity contribution in [2.24, 2.45) is 5.73 Å². The number of primary amides is 1. The van der Waals surface area contributed by atoms with E-state index in [-0.39, 0.29) is 25.1 Å². The van der Waals surface area contributed by atoms with Crippen molar-refractivity contribution in [2.45, 2.75) is 57.5 Å². The van der Waals surface area contributed by atoms with Crippen molar-refractivity contribution in [1.82, 2.24) is 15.2 Å². The van der Waals surface area contributed by atoms with Gasteiger partial charge >= 0.3 is 6.09 Å². The smallest absolute Gasteiger partial charge is 0.408 e. The molecule has 4 N–H and O–H groups in total. The van der Waals surface area contributed by atoms with Crippen LogP contribution in [0, 0.1) is 10.1 Å². The van der Waals surface area contributed by atoms with Crippen LogP contribution in [0.25, 0.3) is 10.9 Å². The van der Waals surface area contributed by atoms with Gasteiger partial charge in [-0.15, -0.1) is 0 Å². The quantitative estimate of drug-likeness (QED) is 0.438. The topological polar surface area (TPSA) is 161 Å². The first-order valence-corrected chi connectivity index (χ1v) is 10.3. The van der Waals surface area contributed by atoms with Crippen LogP contribution in [0.2, 0.25) is 0 Å². The Balaban J connectivity index is 1.93. The summed E-state index contributed by atoms with van der Waals surface area (Å²) in [5, 5.41) is 14.2. The first-order valence-electron chi connectivity index (χ1n) is 10.3. The molecule has 2 aromatic rings. The van der Waals surface area contributed by atoms with Gasteiger partial charge in [-0.05, 0) is 32.4 Å². The molecule has 1 aliphatic rings. The van der Waals surface area contributed by atoms with Gasteiger partial charge < -0.3 is 25.7 Å². The number of non-ortho nitro benzene ring substituents is 1. The molecule has 3 atom stereocenters. The van der Waals surface area contributed by atoms with Crippen LogP contribution in [-0.4, -0.2) is 63.1 Å². The monoisotopic (exact) mass is 463 g/mol. The van der Waals surface area contributed by atoms with Crippen molar-refractivity contribution in [3.63, 3.8) is 0 Å². The van der Waals surface area contributed by atoms with Crippen molar-refractivity contribution in [3.8, 4) is 0 Å². The maximum atomic E-state index is 14.0. The number of halogens is 1. The summed E-state index contributed by atoms with van der Waals surface area (Å²) in [4.78, 5) is 52.1. The maximum absolute atomic E-state index is 14.0. The number of nitrogens with zero attached hydrogens (tertiary/aromatic N) is 2. The zero-order chi connectivity index (χ0) is 24.5. The van der Waals surface area contributed by atoms with Crippen LogP contribution in [0.3, 0.4) is 0 Å². The van der Waals surface area contributed by atoms with Crippen molar-refractivity contribution in [1.29, 1.82) is 0 Å². The van der Waals surface area contributed by atoms with Gasteiger partial charge in [-0.2, -0.15) is 0 Å². The van der Waals surface area contributed by atoms with E-state index in [1.54, 1.807) is 27.0 Å². The molecule has 1 aromatic heterocycles. The summed E-state index contributed by atoms with van der Waals surface area (Å²) in [6.45, 7) is 4.62. The second-order valence-electron chi connectivity index (χ2n) is 8.95. The third kappa shape index (κ3) is 5.57. The van der Waals surface area contributed by atoms with E-state index < -0.39 is 46.7 Å². The van der Waals surface area contributed by atoms with Gasteiger partial charge in [0.1, 0.15) is 23.9 Å². The molecule has 3 rings (SSSR count). The molecule has 3 unspecified atom stereocenters. The van der Waals surface area contributed by atoms with Gasteiger partial charge in [0, 0.05) is 42.1 Å². The second kappa shape index (κ2) is 9.04. The van der Waals surface area contributed by atoms with E-state index >= 15 is 0 Å². The lowest BCUT2D eigenvalue weighted by Gasteiger charge is -2.28. The standard InChI is InChI=1S/C21H26FN5O6/c1-21(2,3)33-20(30)25-16(19(29)26-10-12(22)7-17(26)18(23)28)6-11-9-24-15-5-4-13(27(31)32)8-14(11)15/h4-5,8-9,12,16-17,24H,6-7,10H2,1-3H3,(H2,23,28)(H,25,30). The van der Waals surface area contributed by atoms with Gasteiger partial charge in [0.15, 0.2) is 0 Å². The highest BCUT2D eigenvalue weighted by molar-refractivity contribution is 5.92. The number of benzene rings is 1. The lowest BCUT2D eigenvalue weighted by Crippen LogP contribution is -2.54. The largest absolute Gasteiger partial charge is 0.444 e. The lowest BCUT2D eigenvalue weighted by molar-refractivity contribution is -0.384. The molecule has 33 heavy (non-hydrogen) atoms. The van der Waals surface area contributed by atoms with Crippen LogP contribution >= 0.6 is 0 Å². The zero-order valence-corrected chi connectivity index (χ0v) is 18.5. The molecule has 1 fully saturated rings. The van der Waals surface area contributed by atoms with Crippen molar-refractivity contribution in [2.75, 3.05) is 6.54 Å². The Morgan fingerprint density at radius 3 is 2.70 bits per heavy atom. The molecule has 0 spiro atoms. The number of nitrogens with two attached hydrogens (primary N) is 1. The number of likely N-dealkylation sites (tertiary alicyclic amines) is 1. The minimum absolute atomic E-state index is 0.0851. The number of ether oxygens (including phenoxy) is 1. The lowest BCUT2D eigenvalue weighted by atomic mass is 10.0. The number of carbonyl (C=O) groups excluding carboxylic acids is 3. The number of alkyl halides is 1. The number of alkyl carbamates (subject to hydrolysis) is 1. The highest BCUT2D eigenvalue weighted by atomic mass is 19.1. The summed E-state index contributed by atoms with van der Waals surface area (Å²) < 4.78 is 19.3. The predicted octanol–water partition coefficient (Wildman–Crippen LogP) is 1.94. The van der Waals surface area contributed by atoms with E-state index in [1.807, 2.05) is 0 Å². The maximum Gasteiger partial charge on any atom is 0.408 e. The van der Waals surface area contributed by atoms with Crippen LogP contribution in [0.5, 0.6) is 0 Å². The van der Waals surface area contributed by atoms with Gasteiger partial charge in [-0.25, -0.2) is 9.18 Å². The SMILES string of the molecule is CC(C)(C)OC(=O)NC(Cc1c[nH]c2ccc([N+](=O)[O-])cc12)C(=O)N1CC(F)CC1C(N)=O. The number of nitro groups is 1. The van der Waals surface area contributed by atoms with Gasteiger partial charge in [0.2, 0.25) is 11.8 Å². The third-order valence-corrected chi connectivity index (χ3v) is 5.24. The molecule has 0 radical (unpaired) electrons. The Morgan fingerprint density at radius 1 is 1.39 bits per heavy atom. The number of nitrogens with one attached hydrogen (secondary N) is 2. The fourth-order valence-electron chi connectivity index (χ4n) is 3.82. The minimum Gasteiger partial charge on any atom is -0.444 e. The van der Waals surface area contributed by atoms with Gasteiger partial charge in [-0.1, -0.05) is 0 Å². The minimum atomic E-state index is -1.43. The van der Waals surface area contributed by atoms with Gasteiger partial charge in [0.05, 0.1) is 11.5 Å². The number of aromatic amines is 1. The molecule has 0 aliphatic carbocycles. The molecule has 3 amide bonds. The molecule has 2 heterocycles. The molecule has 0 saturated carbocycles. The van der Waals surface area contributed by atoms with Crippen molar-refractivity contribution < 1.29 is 28.4 Å². The summed E-state index contributed by atoms with van der Waals surface area (Å²) in [7, 11) is 0. The molecule has 1 aliphatic heterocycles. The predicted molar refractivity (Wildman–Crippen MR) is 116 cm³/mol. The fourth-order valence-corrected chi connectivity index (χ4v) is 3.82. The number of aromatic nitrogens is 1. The van der Waals surface area contributed by atoms with Crippen LogP contribution in [-0.2, 0) is 20.7 Å². The Kier molecular flexibility index (Phi) is 6.56. The van der Waals surface area contributed by atoms with Crippen molar-refractivity contribution >= 4 is 34.5 Å². The molecule has 1 aromatic carbocycles. The van der Waals surface area contributed by atoms with E-state index in [0.29, 0.717) is 16.5 Å². The Bertz CT molecular complexity index is 1090. The van der Waals surface area contributed by atoms with E-state index in [9.17, 15) is 28.9 Å². The number of hydrogen-bond donors (Lipinski definition) is 3. The van der Waals surface area contributed by atoms with E-state index in [0.717, 1.165) is 4.90 Å². The van der Waals surface area contributed by atoms with Gasteiger partial charge in [-0.3, -0.25) is 19.7 Å². The number of rotatable bonds is 6.